The van der Waals surface area contributed by atoms with E-state index in [0.717, 1.165) is 11.1 Å². The van der Waals surface area contributed by atoms with Crippen molar-refractivity contribution in [2.24, 2.45) is 5.92 Å². The summed E-state index contributed by atoms with van der Waals surface area (Å²) in [6.45, 7) is 6.21. The maximum Gasteiger partial charge on any atom is 0.329 e. The summed E-state index contributed by atoms with van der Waals surface area (Å²) in [7, 11) is 0. The largest absolute Gasteiger partial charge is 0.494 e. The fourth-order valence-corrected chi connectivity index (χ4v) is 3.37. The van der Waals surface area contributed by atoms with Gasteiger partial charge >= 0.3 is 5.97 Å². The second kappa shape index (κ2) is 11.1. The van der Waals surface area contributed by atoms with Crippen LogP contribution in [0.4, 0.5) is 0 Å². The van der Waals surface area contributed by atoms with Crippen molar-refractivity contribution in [3.8, 4) is 5.75 Å². The molecule has 3 aromatic rings. The Bertz CT molecular complexity index is 961. The molecule has 32 heavy (non-hydrogen) atoms. The summed E-state index contributed by atoms with van der Waals surface area (Å²) in [5.74, 6) is -0.268. The van der Waals surface area contributed by atoms with Crippen LogP contribution in [0.2, 0.25) is 0 Å². The maximum atomic E-state index is 13.2. The van der Waals surface area contributed by atoms with E-state index in [2.05, 4.69) is 5.32 Å². The van der Waals surface area contributed by atoms with Gasteiger partial charge in [-0.3, -0.25) is 4.79 Å². The highest BCUT2D eigenvalue weighted by atomic mass is 16.5. The first-order valence-electron chi connectivity index (χ1n) is 10.8. The fraction of sp³-hybridized carbons (Fsp3) is 0.259. The third-order valence-corrected chi connectivity index (χ3v) is 5.07. The monoisotopic (exact) mass is 431 g/mol. The molecule has 0 heterocycles. The lowest BCUT2D eigenvalue weighted by molar-refractivity contribution is -0.151. The number of benzene rings is 3. The Balaban J connectivity index is 1.77. The first kappa shape index (κ1) is 23.1. The molecule has 0 fully saturated rings. The van der Waals surface area contributed by atoms with Crippen LogP contribution in [0, 0.1) is 5.92 Å². The molecular formula is C27H29NO4. The van der Waals surface area contributed by atoms with Crippen LogP contribution in [-0.2, 0) is 9.53 Å². The number of nitrogens with one attached hydrogen (secondary N) is 1. The van der Waals surface area contributed by atoms with Crippen molar-refractivity contribution in [3.63, 3.8) is 0 Å². The molecule has 5 nitrogen and oxygen atoms in total. The van der Waals surface area contributed by atoms with Crippen LogP contribution in [0.25, 0.3) is 0 Å². The number of amides is 1. The zero-order chi connectivity index (χ0) is 22.9. The summed E-state index contributed by atoms with van der Waals surface area (Å²) in [6, 6.07) is 25.2. The molecule has 0 spiro atoms. The molecule has 1 amide bonds. The Morgan fingerprint density at radius 1 is 0.812 bits per heavy atom. The molecular weight excluding hydrogens is 402 g/mol. The highest BCUT2D eigenvalue weighted by Gasteiger charge is 2.29. The molecule has 0 aliphatic rings. The van der Waals surface area contributed by atoms with Crippen LogP contribution >= 0.6 is 0 Å². The molecule has 0 saturated carbocycles. The van der Waals surface area contributed by atoms with Gasteiger partial charge in [-0.1, -0.05) is 74.5 Å². The van der Waals surface area contributed by atoms with Gasteiger partial charge < -0.3 is 14.8 Å². The molecule has 3 rings (SSSR count). The van der Waals surface area contributed by atoms with Crippen molar-refractivity contribution in [2.75, 3.05) is 6.61 Å². The number of carbonyl (C=O) groups is 2. The molecule has 3 aromatic carbocycles. The first-order valence-corrected chi connectivity index (χ1v) is 10.8. The van der Waals surface area contributed by atoms with E-state index in [1.165, 1.54) is 0 Å². The maximum absolute atomic E-state index is 13.2. The lowest BCUT2D eigenvalue weighted by Crippen LogP contribution is -2.45. The van der Waals surface area contributed by atoms with E-state index in [1.807, 2.05) is 81.4 Å². The Morgan fingerprint density at radius 2 is 1.34 bits per heavy atom. The average Bonchev–Trinajstić information content (AvgIpc) is 2.82. The second-order valence-corrected chi connectivity index (χ2v) is 7.79. The molecule has 1 unspecified atom stereocenters. The summed E-state index contributed by atoms with van der Waals surface area (Å²) >= 11 is 0. The van der Waals surface area contributed by atoms with E-state index < -0.39 is 18.1 Å². The minimum atomic E-state index is -0.788. The third kappa shape index (κ3) is 5.97. The molecule has 0 aliphatic heterocycles. The predicted molar refractivity (Wildman–Crippen MR) is 125 cm³/mol. The minimum Gasteiger partial charge on any atom is -0.494 e. The number of hydrogen-bond acceptors (Lipinski definition) is 4. The van der Waals surface area contributed by atoms with Gasteiger partial charge in [-0.05, 0) is 48.2 Å². The lowest BCUT2D eigenvalue weighted by Gasteiger charge is -2.25. The van der Waals surface area contributed by atoms with Gasteiger partial charge in [-0.25, -0.2) is 4.79 Å². The molecule has 0 bridgehead atoms. The van der Waals surface area contributed by atoms with Gasteiger partial charge in [0.2, 0.25) is 0 Å². The number of ether oxygens (including phenoxy) is 2. The molecule has 0 aliphatic carbocycles. The van der Waals surface area contributed by atoms with E-state index in [0.29, 0.717) is 17.9 Å². The van der Waals surface area contributed by atoms with Gasteiger partial charge in [0.25, 0.3) is 5.91 Å². The van der Waals surface area contributed by atoms with Gasteiger partial charge in [-0.15, -0.1) is 0 Å². The number of esters is 1. The van der Waals surface area contributed by atoms with E-state index >= 15 is 0 Å². The van der Waals surface area contributed by atoms with Crippen molar-refractivity contribution >= 4 is 11.9 Å². The third-order valence-electron chi connectivity index (χ3n) is 5.07. The summed E-state index contributed by atoms with van der Waals surface area (Å²) in [5, 5.41) is 2.84. The second-order valence-electron chi connectivity index (χ2n) is 7.79. The van der Waals surface area contributed by atoms with E-state index in [9.17, 15) is 9.59 Å². The van der Waals surface area contributed by atoms with Crippen LogP contribution in [-0.4, -0.2) is 24.5 Å². The summed E-state index contributed by atoms with van der Waals surface area (Å²) in [4.78, 5) is 26.0. The minimum absolute atomic E-state index is 0.152. The van der Waals surface area contributed by atoms with Crippen LogP contribution in [0.3, 0.4) is 0 Å². The average molecular weight is 432 g/mol. The normalized spacial score (nSPS) is 11.8. The zero-order valence-corrected chi connectivity index (χ0v) is 18.7. The van der Waals surface area contributed by atoms with Crippen LogP contribution in [0.1, 0.15) is 48.4 Å². The molecule has 1 atom stereocenters. The smallest absolute Gasteiger partial charge is 0.329 e. The summed E-state index contributed by atoms with van der Waals surface area (Å²) in [6.07, 6.45) is -0.562. The van der Waals surface area contributed by atoms with Crippen molar-refractivity contribution in [3.05, 3.63) is 102 Å². The molecule has 1 N–H and O–H groups in total. The highest BCUT2D eigenvalue weighted by molar-refractivity contribution is 5.97. The summed E-state index contributed by atoms with van der Waals surface area (Å²) in [5.41, 5.74) is 2.19. The fourth-order valence-electron chi connectivity index (χ4n) is 3.37. The van der Waals surface area contributed by atoms with E-state index in [-0.39, 0.29) is 11.8 Å². The van der Waals surface area contributed by atoms with Gasteiger partial charge in [0, 0.05) is 5.56 Å². The van der Waals surface area contributed by atoms with E-state index in [4.69, 9.17) is 9.47 Å². The molecule has 5 heteroatoms. The number of rotatable bonds is 9. The van der Waals surface area contributed by atoms with Crippen LogP contribution in [0.15, 0.2) is 84.9 Å². The number of carbonyl (C=O) groups excluding carboxylic acids is 2. The highest BCUT2D eigenvalue weighted by Crippen LogP contribution is 2.27. The summed E-state index contributed by atoms with van der Waals surface area (Å²) < 4.78 is 11.4. The van der Waals surface area contributed by atoms with Crippen molar-refractivity contribution in [1.29, 1.82) is 0 Å². The van der Waals surface area contributed by atoms with Gasteiger partial charge in [-0.2, -0.15) is 0 Å². The molecule has 0 radical (unpaired) electrons. The molecule has 166 valence electrons. The van der Waals surface area contributed by atoms with Crippen molar-refractivity contribution in [1.82, 2.24) is 5.32 Å². The molecule has 0 aromatic heterocycles. The topological polar surface area (TPSA) is 64.6 Å². The van der Waals surface area contributed by atoms with Crippen LogP contribution < -0.4 is 10.1 Å². The van der Waals surface area contributed by atoms with Crippen LogP contribution in [0.5, 0.6) is 5.75 Å². The van der Waals surface area contributed by atoms with Crippen molar-refractivity contribution in [2.45, 2.75) is 32.9 Å². The van der Waals surface area contributed by atoms with Gasteiger partial charge in [0.1, 0.15) is 11.8 Å². The Kier molecular flexibility index (Phi) is 8.03. The predicted octanol–water partition coefficient (Wildman–Crippen LogP) is 5.17. The Labute approximate surface area is 189 Å². The van der Waals surface area contributed by atoms with E-state index in [1.54, 1.807) is 24.3 Å². The SMILES string of the molecule is CCOc1ccc(C(=O)NC(C(=O)OC(c2ccccc2)c2ccccc2)C(C)C)cc1. The first-order chi connectivity index (χ1) is 15.5. The molecule has 0 saturated heterocycles. The zero-order valence-electron chi connectivity index (χ0n) is 18.7. The van der Waals surface area contributed by atoms with Gasteiger partial charge in [0.05, 0.1) is 6.61 Å². The van der Waals surface area contributed by atoms with Crippen molar-refractivity contribution < 1.29 is 19.1 Å². The number of hydrogen-bond donors (Lipinski definition) is 1. The quantitative estimate of drug-likeness (QED) is 0.475. The Morgan fingerprint density at radius 3 is 1.81 bits per heavy atom. The standard InChI is InChI=1S/C27H29NO4/c1-4-31-23-17-15-22(16-18-23)26(29)28-24(19(2)3)27(30)32-25(20-11-7-5-8-12-20)21-13-9-6-10-14-21/h5-19,24-25H,4H2,1-3H3,(H,28,29). The lowest BCUT2D eigenvalue weighted by atomic mass is 10.00. The Hall–Kier alpha value is -3.60. The van der Waals surface area contributed by atoms with Gasteiger partial charge in [0.15, 0.2) is 6.10 Å².